The maximum Gasteiger partial charge on any atom is 0.247 e. The summed E-state index contributed by atoms with van der Waals surface area (Å²) in [6.45, 7) is 5.26. The maximum absolute atomic E-state index is 11.0. The molecule has 2 saturated heterocycles. The summed E-state index contributed by atoms with van der Waals surface area (Å²) in [4.78, 5) is 11.0. The molecule has 2 fully saturated rings. The molecule has 0 aromatic carbocycles. The number of hydrogen-bond donors (Lipinski definition) is 1. The number of ether oxygens (including phenoxy) is 4. The van der Waals surface area contributed by atoms with Gasteiger partial charge in [0.25, 0.3) is 0 Å². The minimum Gasteiger partial charge on any atom is -0.492 e. The van der Waals surface area contributed by atoms with Crippen molar-refractivity contribution in [3.63, 3.8) is 0 Å². The second kappa shape index (κ2) is 5.55. The van der Waals surface area contributed by atoms with E-state index in [2.05, 4.69) is 22.6 Å². The number of halogens is 1. The van der Waals surface area contributed by atoms with Gasteiger partial charge < -0.3 is 24.7 Å². The Labute approximate surface area is 125 Å². The lowest BCUT2D eigenvalue weighted by molar-refractivity contribution is -0.211. The highest BCUT2D eigenvalue weighted by Crippen LogP contribution is 2.39. The van der Waals surface area contributed by atoms with Crippen molar-refractivity contribution in [2.24, 2.45) is 5.73 Å². The van der Waals surface area contributed by atoms with E-state index in [1.165, 1.54) is 6.26 Å². The molecule has 0 saturated carbocycles. The van der Waals surface area contributed by atoms with Crippen molar-refractivity contribution in [1.82, 2.24) is 0 Å². The SMILES string of the molecule is C/C(=C\O[C@@H]1[C@H]2OC(C)(C)O[C@H]2O[C@@H]1CI)C(N)=O. The highest BCUT2D eigenvalue weighted by atomic mass is 127. The standard InChI is InChI=1S/C12H18INO5/c1-6(10(14)15)5-16-8-7(4-13)17-11-9(8)18-12(2,3)19-11/h5,7-9,11H,4H2,1-3H3,(H2,14,15)/b6-5+/t7-,8+,9-,11-/m1/s1. The molecule has 4 atom stereocenters. The van der Waals surface area contributed by atoms with Gasteiger partial charge in [-0.3, -0.25) is 4.79 Å². The largest absolute Gasteiger partial charge is 0.492 e. The minimum absolute atomic E-state index is 0.136. The Morgan fingerprint density at radius 1 is 1.47 bits per heavy atom. The van der Waals surface area contributed by atoms with Crippen LogP contribution in [0, 0.1) is 0 Å². The van der Waals surface area contributed by atoms with Crippen LogP contribution in [0.3, 0.4) is 0 Å². The van der Waals surface area contributed by atoms with Crippen molar-refractivity contribution in [2.45, 2.75) is 51.2 Å². The molecule has 0 aromatic rings. The predicted octanol–water partition coefficient (Wildman–Crippen LogP) is 1.07. The molecule has 0 unspecified atom stereocenters. The number of nitrogens with two attached hydrogens (primary N) is 1. The number of primary amides is 1. The second-order valence-corrected chi connectivity index (χ2v) is 5.94. The van der Waals surface area contributed by atoms with E-state index in [0.717, 1.165) is 4.43 Å². The third kappa shape index (κ3) is 3.21. The molecular weight excluding hydrogens is 365 g/mol. The molecule has 19 heavy (non-hydrogen) atoms. The molecule has 2 aliphatic rings. The van der Waals surface area contributed by atoms with Gasteiger partial charge in [0.15, 0.2) is 24.3 Å². The van der Waals surface area contributed by atoms with Crippen LogP contribution in [0.25, 0.3) is 0 Å². The Hall–Kier alpha value is -0.380. The zero-order valence-corrected chi connectivity index (χ0v) is 13.2. The third-order valence-electron chi connectivity index (χ3n) is 3.03. The Kier molecular flexibility index (Phi) is 4.38. The zero-order chi connectivity index (χ0) is 14.2. The van der Waals surface area contributed by atoms with Crippen molar-refractivity contribution < 1.29 is 23.7 Å². The molecule has 2 aliphatic heterocycles. The summed E-state index contributed by atoms with van der Waals surface area (Å²) >= 11 is 2.22. The van der Waals surface area contributed by atoms with Crippen molar-refractivity contribution in [3.8, 4) is 0 Å². The number of hydrogen-bond acceptors (Lipinski definition) is 5. The molecule has 0 spiro atoms. The van der Waals surface area contributed by atoms with E-state index >= 15 is 0 Å². The molecule has 0 bridgehead atoms. The van der Waals surface area contributed by atoms with E-state index in [9.17, 15) is 4.79 Å². The highest BCUT2D eigenvalue weighted by molar-refractivity contribution is 14.1. The molecule has 2 heterocycles. The molecule has 7 heteroatoms. The van der Waals surface area contributed by atoms with Crippen LogP contribution in [0.15, 0.2) is 11.8 Å². The Morgan fingerprint density at radius 3 is 2.74 bits per heavy atom. The van der Waals surface area contributed by atoms with Crippen LogP contribution in [-0.4, -0.2) is 40.7 Å². The van der Waals surface area contributed by atoms with Crippen LogP contribution < -0.4 is 5.73 Å². The van der Waals surface area contributed by atoms with Crippen molar-refractivity contribution in [1.29, 1.82) is 0 Å². The van der Waals surface area contributed by atoms with Gasteiger partial charge in [-0.25, -0.2) is 0 Å². The summed E-state index contributed by atoms with van der Waals surface area (Å²) in [5.74, 6) is -1.19. The van der Waals surface area contributed by atoms with Crippen LogP contribution >= 0.6 is 22.6 Å². The average molecular weight is 383 g/mol. The van der Waals surface area contributed by atoms with Gasteiger partial charge in [-0.2, -0.15) is 0 Å². The van der Waals surface area contributed by atoms with Crippen LogP contribution in [0.4, 0.5) is 0 Å². The van der Waals surface area contributed by atoms with E-state index in [4.69, 9.17) is 24.7 Å². The fraction of sp³-hybridized carbons (Fsp3) is 0.750. The predicted molar refractivity (Wildman–Crippen MR) is 75.4 cm³/mol. The number of fused-ring (bicyclic) bond motifs is 1. The summed E-state index contributed by atoms with van der Waals surface area (Å²) in [5.41, 5.74) is 5.52. The number of rotatable bonds is 4. The number of carbonyl (C=O) groups is 1. The van der Waals surface area contributed by atoms with Crippen LogP contribution in [0.1, 0.15) is 20.8 Å². The van der Waals surface area contributed by atoms with Gasteiger partial charge in [0.1, 0.15) is 6.10 Å². The van der Waals surface area contributed by atoms with Crippen LogP contribution in [0.5, 0.6) is 0 Å². The summed E-state index contributed by atoms with van der Waals surface area (Å²) in [5, 5.41) is 0. The average Bonchev–Trinajstić information content (AvgIpc) is 2.77. The smallest absolute Gasteiger partial charge is 0.247 e. The zero-order valence-electron chi connectivity index (χ0n) is 11.1. The van der Waals surface area contributed by atoms with Gasteiger partial charge in [0, 0.05) is 10.0 Å². The molecule has 108 valence electrons. The molecule has 2 rings (SSSR count). The van der Waals surface area contributed by atoms with Gasteiger partial charge in [-0.05, 0) is 20.8 Å². The summed E-state index contributed by atoms with van der Waals surface area (Å²) < 4.78 is 23.6. The lowest BCUT2D eigenvalue weighted by Gasteiger charge is -2.24. The van der Waals surface area contributed by atoms with E-state index in [1.807, 2.05) is 13.8 Å². The number of carbonyl (C=O) groups excluding carboxylic acids is 1. The molecular formula is C12H18INO5. The van der Waals surface area contributed by atoms with Crippen molar-refractivity contribution >= 4 is 28.5 Å². The maximum atomic E-state index is 11.0. The van der Waals surface area contributed by atoms with Gasteiger partial charge in [0.2, 0.25) is 5.91 Å². The number of alkyl halides is 1. The third-order valence-corrected chi connectivity index (χ3v) is 3.90. The Balaban J connectivity index is 2.08. The molecule has 6 nitrogen and oxygen atoms in total. The minimum atomic E-state index is -0.685. The van der Waals surface area contributed by atoms with E-state index in [-0.39, 0.29) is 18.3 Å². The van der Waals surface area contributed by atoms with Gasteiger partial charge >= 0.3 is 0 Å². The molecule has 1 amide bonds. The van der Waals surface area contributed by atoms with Gasteiger partial charge in [-0.15, -0.1) is 0 Å². The lowest BCUT2D eigenvalue weighted by Crippen LogP contribution is -2.36. The van der Waals surface area contributed by atoms with Gasteiger partial charge in [0.05, 0.1) is 6.26 Å². The number of amides is 1. The fourth-order valence-electron chi connectivity index (χ4n) is 2.07. The van der Waals surface area contributed by atoms with Crippen molar-refractivity contribution in [3.05, 3.63) is 11.8 Å². The van der Waals surface area contributed by atoms with E-state index in [0.29, 0.717) is 5.57 Å². The normalized spacial score (nSPS) is 37.2. The Morgan fingerprint density at radius 2 is 2.16 bits per heavy atom. The summed E-state index contributed by atoms with van der Waals surface area (Å²) in [6.07, 6.45) is 0.197. The summed E-state index contributed by atoms with van der Waals surface area (Å²) in [7, 11) is 0. The topological polar surface area (TPSA) is 80.0 Å². The van der Waals surface area contributed by atoms with E-state index < -0.39 is 18.0 Å². The first-order valence-corrected chi connectivity index (χ1v) is 7.56. The molecule has 2 N–H and O–H groups in total. The first-order valence-electron chi connectivity index (χ1n) is 6.03. The summed E-state index contributed by atoms with van der Waals surface area (Å²) in [6, 6.07) is 0. The first-order chi connectivity index (χ1) is 8.84. The molecule has 0 aliphatic carbocycles. The lowest BCUT2D eigenvalue weighted by atomic mass is 10.1. The quantitative estimate of drug-likeness (QED) is 0.340. The first kappa shape index (κ1) is 15.0. The van der Waals surface area contributed by atoms with Crippen LogP contribution in [-0.2, 0) is 23.7 Å². The monoisotopic (exact) mass is 383 g/mol. The van der Waals surface area contributed by atoms with Gasteiger partial charge in [-0.1, -0.05) is 22.6 Å². The molecule has 0 radical (unpaired) electrons. The Bertz CT molecular complexity index is 398. The van der Waals surface area contributed by atoms with Crippen LogP contribution in [0.2, 0.25) is 0 Å². The fourth-order valence-corrected chi connectivity index (χ4v) is 2.78. The van der Waals surface area contributed by atoms with Crippen molar-refractivity contribution in [2.75, 3.05) is 4.43 Å². The van der Waals surface area contributed by atoms with E-state index in [1.54, 1.807) is 6.92 Å². The second-order valence-electron chi connectivity index (χ2n) is 5.06. The molecule has 0 aromatic heterocycles. The highest BCUT2D eigenvalue weighted by Gasteiger charge is 2.55.